The molecule has 8 nitrogen and oxygen atoms in total. The number of carbonyl (C=O) groups excluding carboxylic acids is 1. The molecule has 0 aliphatic carbocycles. The van der Waals surface area contributed by atoms with Crippen molar-refractivity contribution in [1.82, 2.24) is 14.9 Å². The van der Waals surface area contributed by atoms with Crippen molar-refractivity contribution in [1.29, 1.82) is 0 Å². The van der Waals surface area contributed by atoms with Gasteiger partial charge in [0.05, 0.1) is 29.1 Å². The van der Waals surface area contributed by atoms with Gasteiger partial charge in [-0.05, 0) is 45.0 Å². The van der Waals surface area contributed by atoms with E-state index in [9.17, 15) is 22.8 Å². The van der Waals surface area contributed by atoms with Gasteiger partial charge in [-0.25, -0.2) is 9.37 Å². The molecule has 1 aliphatic rings. The number of nitrogens with one attached hydrogen (secondary N) is 2. The number of ether oxygens (including phenoxy) is 1. The zero-order chi connectivity index (χ0) is 30.9. The van der Waals surface area contributed by atoms with E-state index in [4.69, 9.17) is 16.3 Å². The Morgan fingerprint density at radius 2 is 1.86 bits per heavy atom. The lowest BCUT2D eigenvalue weighted by Gasteiger charge is -2.44. The standard InChI is InChI=1S/C29H32ClF4N5O3/c1-15(2)14-42-28-22(30)6-18(10-36-28)19-7-24(25(9-23(19)31)39-12-16(3)38(5)17(4)13-39)37-27(41)20-11-35-26(40)8-21(20)29(32,33)34/h6-11,15-17H,12-14H2,1-5H3,(H,35,40)(H,37,41)/t16-,17?/m0/s1. The number of nitrogens with zero attached hydrogens (tertiary/aromatic N) is 3. The first-order chi connectivity index (χ1) is 19.6. The number of carbonyl (C=O) groups is 1. The molecule has 1 fully saturated rings. The molecule has 2 N–H and O–H groups in total. The maximum atomic E-state index is 15.7. The van der Waals surface area contributed by atoms with E-state index >= 15 is 4.39 Å². The van der Waals surface area contributed by atoms with Gasteiger partial charge in [-0.1, -0.05) is 25.4 Å². The van der Waals surface area contributed by atoms with E-state index in [0.717, 1.165) is 0 Å². The summed E-state index contributed by atoms with van der Waals surface area (Å²) < 4.78 is 62.4. The molecule has 1 amide bonds. The molecule has 42 heavy (non-hydrogen) atoms. The Labute approximate surface area is 245 Å². The molecule has 0 spiro atoms. The second-order valence-electron chi connectivity index (χ2n) is 10.9. The first kappa shape index (κ1) is 31.3. The van der Waals surface area contributed by atoms with Crippen molar-refractivity contribution in [2.24, 2.45) is 5.92 Å². The van der Waals surface area contributed by atoms with Crippen LogP contribution in [0.4, 0.5) is 28.9 Å². The molecule has 3 heterocycles. The van der Waals surface area contributed by atoms with Crippen LogP contribution in [0.2, 0.25) is 5.02 Å². The van der Waals surface area contributed by atoms with E-state index in [1.54, 1.807) is 0 Å². The Bertz CT molecular complexity index is 1520. The Kier molecular flexibility index (Phi) is 9.17. The number of hydrogen-bond donors (Lipinski definition) is 2. The Balaban J connectivity index is 1.79. The highest BCUT2D eigenvalue weighted by molar-refractivity contribution is 6.32. The lowest BCUT2D eigenvalue weighted by Crippen LogP contribution is -2.55. The molecule has 2 aromatic heterocycles. The van der Waals surface area contributed by atoms with Crippen molar-refractivity contribution in [3.63, 3.8) is 0 Å². The van der Waals surface area contributed by atoms with Gasteiger partial charge in [0, 0.05) is 54.8 Å². The summed E-state index contributed by atoms with van der Waals surface area (Å²) in [5, 5.41) is 2.68. The molecule has 0 radical (unpaired) electrons. The summed E-state index contributed by atoms with van der Waals surface area (Å²) in [7, 11) is 1.97. The molecule has 1 unspecified atom stereocenters. The summed E-state index contributed by atoms with van der Waals surface area (Å²) in [5.74, 6) is -1.37. The molecule has 1 aliphatic heterocycles. The Morgan fingerprint density at radius 1 is 1.19 bits per heavy atom. The van der Waals surface area contributed by atoms with Crippen LogP contribution >= 0.6 is 11.6 Å². The number of benzene rings is 1. The fourth-order valence-electron chi connectivity index (χ4n) is 4.75. The normalized spacial score (nSPS) is 17.9. The zero-order valence-electron chi connectivity index (χ0n) is 23.8. The molecule has 2 atom stereocenters. The van der Waals surface area contributed by atoms with Crippen LogP contribution in [0.5, 0.6) is 5.88 Å². The summed E-state index contributed by atoms with van der Waals surface area (Å²) in [6.45, 7) is 9.24. The average Bonchev–Trinajstić information content (AvgIpc) is 2.90. The molecule has 0 bridgehead atoms. The van der Waals surface area contributed by atoms with Crippen molar-refractivity contribution in [2.45, 2.75) is 46.0 Å². The fourth-order valence-corrected chi connectivity index (χ4v) is 4.98. The lowest BCUT2D eigenvalue weighted by molar-refractivity contribution is -0.138. The number of amides is 1. The number of anilines is 2. The number of hydrogen-bond acceptors (Lipinski definition) is 6. The van der Waals surface area contributed by atoms with E-state index in [1.165, 1.54) is 24.4 Å². The van der Waals surface area contributed by atoms with Crippen molar-refractivity contribution in [2.75, 3.05) is 37.0 Å². The van der Waals surface area contributed by atoms with Crippen molar-refractivity contribution < 1.29 is 27.1 Å². The highest BCUT2D eigenvalue weighted by atomic mass is 35.5. The van der Waals surface area contributed by atoms with Crippen molar-refractivity contribution in [3.8, 4) is 17.0 Å². The minimum absolute atomic E-state index is 0.0200. The zero-order valence-corrected chi connectivity index (χ0v) is 24.5. The van der Waals surface area contributed by atoms with E-state index in [-0.39, 0.29) is 45.7 Å². The van der Waals surface area contributed by atoms with Crippen LogP contribution < -0.4 is 20.5 Å². The smallest absolute Gasteiger partial charge is 0.417 e. The predicted octanol–water partition coefficient (Wildman–Crippen LogP) is 6.06. The molecule has 0 saturated carbocycles. The number of aromatic amines is 1. The molecule has 1 saturated heterocycles. The topological polar surface area (TPSA) is 90.6 Å². The summed E-state index contributed by atoms with van der Waals surface area (Å²) in [5.41, 5.74) is -2.50. The van der Waals surface area contributed by atoms with Crippen LogP contribution in [0, 0.1) is 11.7 Å². The van der Waals surface area contributed by atoms with Crippen LogP contribution in [-0.2, 0) is 6.18 Å². The SMILES string of the molecule is CC(C)COc1ncc(-c2cc(NC(=O)c3c[nH]c(=O)cc3C(F)(F)F)c(N3CC(C)N(C)[C@@H](C)C3)cc2F)cc1Cl. The van der Waals surface area contributed by atoms with Crippen molar-refractivity contribution in [3.05, 3.63) is 69.0 Å². The maximum absolute atomic E-state index is 15.7. The molecule has 226 valence electrons. The fraction of sp³-hybridized carbons (Fsp3) is 0.414. The molecule has 13 heteroatoms. The number of piperazine rings is 1. The molecular formula is C29H32ClF4N5O3. The highest BCUT2D eigenvalue weighted by Crippen LogP contribution is 2.38. The number of aromatic nitrogens is 2. The Hall–Kier alpha value is -3.64. The average molecular weight is 610 g/mol. The van der Waals surface area contributed by atoms with Crippen molar-refractivity contribution >= 4 is 28.9 Å². The maximum Gasteiger partial charge on any atom is 0.417 e. The third-order valence-corrected chi connectivity index (χ3v) is 7.45. The van der Waals surface area contributed by atoms with Gasteiger partial charge in [-0.2, -0.15) is 13.2 Å². The second-order valence-corrected chi connectivity index (χ2v) is 11.3. The summed E-state index contributed by atoms with van der Waals surface area (Å²) in [6, 6.07) is 4.51. The summed E-state index contributed by atoms with van der Waals surface area (Å²) in [6.07, 6.45) is -2.87. The number of halogens is 5. The number of likely N-dealkylation sites (N-methyl/N-ethyl adjacent to an activating group) is 1. The number of H-pyrrole nitrogens is 1. The van der Waals surface area contributed by atoms with Gasteiger partial charge in [-0.15, -0.1) is 0 Å². The minimum atomic E-state index is -4.96. The van der Waals surface area contributed by atoms with E-state index < -0.39 is 34.6 Å². The predicted molar refractivity (Wildman–Crippen MR) is 154 cm³/mol. The van der Waals surface area contributed by atoms with Gasteiger partial charge in [-0.3, -0.25) is 14.5 Å². The van der Waals surface area contributed by atoms with Crippen LogP contribution in [0.15, 0.2) is 41.5 Å². The van der Waals surface area contributed by atoms with Crippen LogP contribution in [0.3, 0.4) is 0 Å². The molecule has 1 aromatic carbocycles. The summed E-state index contributed by atoms with van der Waals surface area (Å²) >= 11 is 6.36. The van der Waals surface area contributed by atoms with Gasteiger partial charge < -0.3 is 19.9 Å². The molecular weight excluding hydrogens is 578 g/mol. The first-order valence-electron chi connectivity index (χ1n) is 13.4. The monoisotopic (exact) mass is 609 g/mol. The molecule has 4 rings (SSSR count). The van der Waals surface area contributed by atoms with Crippen LogP contribution in [0.1, 0.15) is 43.6 Å². The summed E-state index contributed by atoms with van der Waals surface area (Å²) in [4.78, 5) is 35.3. The number of rotatable bonds is 7. The largest absolute Gasteiger partial charge is 0.476 e. The third kappa shape index (κ3) is 6.87. The number of pyridine rings is 2. The third-order valence-electron chi connectivity index (χ3n) is 7.18. The van der Waals surface area contributed by atoms with Gasteiger partial charge in [0.15, 0.2) is 0 Å². The van der Waals surface area contributed by atoms with E-state index in [0.29, 0.717) is 37.6 Å². The highest BCUT2D eigenvalue weighted by Gasteiger charge is 2.36. The van der Waals surface area contributed by atoms with Gasteiger partial charge in [0.25, 0.3) is 5.91 Å². The quantitative estimate of drug-likeness (QED) is 0.316. The lowest BCUT2D eigenvalue weighted by atomic mass is 10.0. The van der Waals surface area contributed by atoms with Gasteiger partial charge >= 0.3 is 6.18 Å². The molecule has 3 aromatic rings. The first-order valence-corrected chi connectivity index (χ1v) is 13.7. The Morgan fingerprint density at radius 3 is 2.45 bits per heavy atom. The van der Waals surface area contributed by atoms with Gasteiger partial charge in [0.2, 0.25) is 11.4 Å². The minimum Gasteiger partial charge on any atom is -0.476 e. The van der Waals surface area contributed by atoms with Gasteiger partial charge in [0.1, 0.15) is 10.8 Å². The van der Waals surface area contributed by atoms with Crippen LogP contribution in [-0.4, -0.2) is 59.6 Å². The second kappa shape index (κ2) is 12.3. The van der Waals surface area contributed by atoms with E-state index in [1.807, 2.05) is 39.6 Å². The number of alkyl halides is 3. The van der Waals surface area contributed by atoms with Crippen LogP contribution in [0.25, 0.3) is 11.1 Å². The van der Waals surface area contributed by atoms with E-state index in [2.05, 4.69) is 20.2 Å².